The number of benzene rings is 2. The van der Waals surface area contributed by atoms with E-state index in [2.05, 4.69) is 5.32 Å². The highest BCUT2D eigenvalue weighted by atomic mass is 32.2. The molecule has 2 aromatic rings. The number of halogens is 2. The lowest BCUT2D eigenvalue weighted by Gasteiger charge is -2.19. The predicted molar refractivity (Wildman–Crippen MR) is 81.4 cm³/mol. The Morgan fingerprint density at radius 2 is 1.80 bits per heavy atom. The molecule has 2 aromatic carbocycles. The number of hydrogen-bond donors (Lipinski definition) is 1. The summed E-state index contributed by atoms with van der Waals surface area (Å²) in [5.74, 6) is -0.765. The third-order valence-electron chi connectivity index (χ3n) is 3.22. The van der Waals surface area contributed by atoms with Crippen LogP contribution in [-0.4, -0.2) is 6.26 Å². The SMILES string of the molecule is CSc1ccccc1NC(C)c1cc(F)c(C)cc1F. The maximum Gasteiger partial charge on any atom is 0.128 e. The molecule has 106 valence electrons. The highest BCUT2D eigenvalue weighted by molar-refractivity contribution is 7.98. The van der Waals surface area contributed by atoms with Crippen molar-refractivity contribution in [2.45, 2.75) is 24.8 Å². The molecule has 1 unspecified atom stereocenters. The molecule has 0 radical (unpaired) electrons. The molecule has 0 heterocycles. The van der Waals surface area contributed by atoms with E-state index in [-0.39, 0.29) is 17.7 Å². The van der Waals surface area contributed by atoms with Crippen LogP contribution in [0.2, 0.25) is 0 Å². The van der Waals surface area contributed by atoms with Crippen molar-refractivity contribution in [1.29, 1.82) is 0 Å². The molecule has 0 spiro atoms. The molecule has 0 fully saturated rings. The Hall–Kier alpha value is -1.55. The van der Waals surface area contributed by atoms with Crippen LogP contribution < -0.4 is 5.32 Å². The van der Waals surface area contributed by atoms with Crippen LogP contribution in [0.5, 0.6) is 0 Å². The first kappa shape index (κ1) is 14.9. The summed E-state index contributed by atoms with van der Waals surface area (Å²) in [4.78, 5) is 1.08. The van der Waals surface area contributed by atoms with Crippen molar-refractivity contribution in [3.63, 3.8) is 0 Å². The normalized spacial score (nSPS) is 12.2. The van der Waals surface area contributed by atoms with E-state index in [1.807, 2.05) is 37.4 Å². The van der Waals surface area contributed by atoms with Crippen molar-refractivity contribution in [3.8, 4) is 0 Å². The van der Waals surface area contributed by atoms with Gasteiger partial charge in [-0.3, -0.25) is 0 Å². The fraction of sp³-hybridized carbons (Fsp3) is 0.250. The lowest BCUT2D eigenvalue weighted by atomic mass is 10.0. The Morgan fingerprint density at radius 3 is 2.50 bits per heavy atom. The van der Waals surface area contributed by atoms with Crippen LogP contribution in [0.4, 0.5) is 14.5 Å². The maximum atomic E-state index is 14.0. The molecule has 1 nitrogen and oxygen atoms in total. The van der Waals surface area contributed by atoms with Crippen LogP contribution in [0, 0.1) is 18.6 Å². The Morgan fingerprint density at radius 1 is 1.10 bits per heavy atom. The largest absolute Gasteiger partial charge is 0.378 e. The average molecular weight is 293 g/mol. The number of rotatable bonds is 4. The van der Waals surface area contributed by atoms with E-state index in [0.29, 0.717) is 11.1 Å². The van der Waals surface area contributed by atoms with E-state index in [9.17, 15) is 8.78 Å². The van der Waals surface area contributed by atoms with Gasteiger partial charge in [-0.2, -0.15) is 0 Å². The summed E-state index contributed by atoms with van der Waals surface area (Å²) in [7, 11) is 0. The molecule has 0 aliphatic rings. The van der Waals surface area contributed by atoms with Crippen LogP contribution in [-0.2, 0) is 0 Å². The van der Waals surface area contributed by atoms with E-state index in [1.54, 1.807) is 18.7 Å². The van der Waals surface area contributed by atoms with E-state index >= 15 is 0 Å². The minimum Gasteiger partial charge on any atom is -0.378 e. The molecule has 2 rings (SSSR count). The maximum absolute atomic E-state index is 14.0. The second kappa shape index (κ2) is 6.27. The smallest absolute Gasteiger partial charge is 0.128 e. The Bertz CT molecular complexity index is 613. The van der Waals surface area contributed by atoms with Gasteiger partial charge in [0.15, 0.2) is 0 Å². The van der Waals surface area contributed by atoms with Crippen molar-refractivity contribution in [1.82, 2.24) is 0 Å². The van der Waals surface area contributed by atoms with Crippen molar-refractivity contribution in [2.75, 3.05) is 11.6 Å². The zero-order valence-electron chi connectivity index (χ0n) is 11.7. The number of nitrogens with one attached hydrogen (secondary N) is 1. The molecule has 0 aliphatic heterocycles. The molecule has 0 saturated heterocycles. The second-order valence-electron chi connectivity index (χ2n) is 4.69. The molecule has 20 heavy (non-hydrogen) atoms. The monoisotopic (exact) mass is 293 g/mol. The molecular formula is C16H17F2NS. The van der Waals surface area contributed by atoms with E-state index < -0.39 is 0 Å². The summed E-state index contributed by atoms with van der Waals surface area (Å²) in [6.45, 7) is 3.38. The summed E-state index contributed by atoms with van der Waals surface area (Å²) in [5.41, 5.74) is 1.58. The molecule has 4 heteroatoms. The van der Waals surface area contributed by atoms with Gasteiger partial charge in [-0.05, 0) is 49.9 Å². The molecule has 1 atom stereocenters. The topological polar surface area (TPSA) is 12.0 Å². The first-order valence-corrected chi connectivity index (χ1v) is 7.60. The number of hydrogen-bond acceptors (Lipinski definition) is 2. The van der Waals surface area contributed by atoms with Gasteiger partial charge < -0.3 is 5.32 Å². The summed E-state index contributed by atoms with van der Waals surface area (Å²) in [6.07, 6.45) is 1.98. The quantitative estimate of drug-likeness (QED) is 0.781. The van der Waals surface area contributed by atoms with Crippen molar-refractivity contribution >= 4 is 17.4 Å². The first-order chi connectivity index (χ1) is 9.52. The lowest BCUT2D eigenvalue weighted by Crippen LogP contribution is -2.10. The number of aryl methyl sites for hydroxylation is 1. The lowest BCUT2D eigenvalue weighted by molar-refractivity contribution is 0.571. The van der Waals surface area contributed by atoms with Crippen LogP contribution in [0.25, 0.3) is 0 Å². The minimum atomic E-state index is -0.384. The van der Waals surface area contributed by atoms with Crippen molar-refractivity contribution in [3.05, 3.63) is 59.2 Å². The van der Waals surface area contributed by atoms with Gasteiger partial charge >= 0.3 is 0 Å². The highest BCUT2D eigenvalue weighted by Gasteiger charge is 2.14. The molecule has 0 aliphatic carbocycles. The second-order valence-corrected chi connectivity index (χ2v) is 5.54. The van der Waals surface area contributed by atoms with Gasteiger partial charge in [0.25, 0.3) is 0 Å². The van der Waals surface area contributed by atoms with Gasteiger partial charge in [-0.25, -0.2) is 8.78 Å². The molecule has 1 N–H and O–H groups in total. The van der Waals surface area contributed by atoms with E-state index in [0.717, 1.165) is 10.6 Å². The zero-order chi connectivity index (χ0) is 14.7. The predicted octanol–water partition coefficient (Wildman–Crippen LogP) is 5.17. The van der Waals surface area contributed by atoms with Gasteiger partial charge in [0.2, 0.25) is 0 Å². The average Bonchev–Trinajstić information content (AvgIpc) is 2.43. The molecule has 0 saturated carbocycles. The number of thioether (sulfide) groups is 1. The van der Waals surface area contributed by atoms with E-state index in [4.69, 9.17) is 0 Å². The van der Waals surface area contributed by atoms with Gasteiger partial charge in [-0.1, -0.05) is 12.1 Å². The third-order valence-corrected chi connectivity index (χ3v) is 4.02. The fourth-order valence-corrected chi connectivity index (χ4v) is 2.63. The van der Waals surface area contributed by atoms with Gasteiger partial charge in [-0.15, -0.1) is 11.8 Å². The summed E-state index contributed by atoms with van der Waals surface area (Å²) in [6, 6.07) is 10.00. The minimum absolute atomic E-state index is 0.307. The first-order valence-electron chi connectivity index (χ1n) is 6.38. The molecule has 0 aromatic heterocycles. The Balaban J connectivity index is 2.28. The molecular weight excluding hydrogens is 276 g/mol. The Kier molecular flexibility index (Phi) is 4.65. The van der Waals surface area contributed by atoms with Crippen LogP contribution in [0.3, 0.4) is 0 Å². The third kappa shape index (κ3) is 3.12. The van der Waals surface area contributed by atoms with Gasteiger partial charge in [0.05, 0.1) is 6.04 Å². The molecule has 0 bridgehead atoms. The summed E-state index contributed by atoms with van der Waals surface area (Å²) in [5, 5.41) is 3.24. The highest BCUT2D eigenvalue weighted by Crippen LogP contribution is 2.29. The summed E-state index contributed by atoms with van der Waals surface area (Å²) >= 11 is 1.61. The summed E-state index contributed by atoms with van der Waals surface area (Å²) < 4.78 is 27.6. The fourth-order valence-electron chi connectivity index (χ4n) is 2.07. The number of anilines is 1. The Labute approximate surface area is 122 Å². The van der Waals surface area contributed by atoms with Gasteiger partial charge in [0.1, 0.15) is 11.6 Å². The van der Waals surface area contributed by atoms with Crippen LogP contribution in [0.15, 0.2) is 41.3 Å². The van der Waals surface area contributed by atoms with Crippen LogP contribution >= 0.6 is 11.8 Å². The van der Waals surface area contributed by atoms with Crippen molar-refractivity contribution < 1.29 is 8.78 Å². The van der Waals surface area contributed by atoms with E-state index in [1.165, 1.54) is 12.1 Å². The van der Waals surface area contributed by atoms with Crippen LogP contribution in [0.1, 0.15) is 24.1 Å². The zero-order valence-corrected chi connectivity index (χ0v) is 12.5. The van der Waals surface area contributed by atoms with Gasteiger partial charge in [0, 0.05) is 16.1 Å². The molecule has 0 amide bonds. The standard InChI is InChI=1S/C16H17F2NS/c1-10-8-14(18)12(9-13(10)17)11(2)19-15-6-4-5-7-16(15)20-3/h4-9,11,19H,1-3H3. The number of para-hydroxylation sites is 1. The van der Waals surface area contributed by atoms with Crippen molar-refractivity contribution in [2.24, 2.45) is 0 Å².